The lowest BCUT2D eigenvalue weighted by Crippen LogP contribution is -2.57. The fraction of sp³-hybridized carbons (Fsp3) is 1.00. The van der Waals surface area contributed by atoms with Gasteiger partial charge in [0.05, 0.1) is 12.2 Å². The number of hydrogen-bond donors (Lipinski definition) is 1. The first kappa shape index (κ1) is 11.9. The molecule has 3 rings (SSSR count). The summed E-state index contributed by atoms with van der Waals surface area (Å²) in [4.78, 5) is 2.68. The van der Waals surface area contributed by atoms with Gasteiger partial charge in [-0.25, -0.2) is 0 Å². The highest BCUT2D eigenvalue weighted by molar-refractivity contribution is 4.95. The summed E-state index contributed by atoms with van der Waals surface area (Å²) in [5, 5.41) is 3.47. The molecule has 98 valence electrons. The van der Waals surface area contributed by atoms with E-state index in [-0.39, 0.29) is 5.60 Å². The van der Waals surface area contributed by atoms with Gasteiger partial charge in [-0.3, -0.25) is 4.90 Å². The lowest BCUT2D eigenvalue weighted by atomic mass is 9.88. The van der Waals surface area contributed by atoms with Gasteiger partial charge in [0.25, 0.3) is 0 Å². The first-order valence-corrected chi connectivity index (χ1v) is 6.97. The van der Waals surface area contributed by atoms with Crippen LogP contribution in [0.3, 0.4) is 0 Å². The average molecular weight is 240 g/mol. The maximum atomic E-state index is 6.02. The molecule has 0 aromatic rings. The van der Waals surface area contributed by atoms with Crippen LogP contribution >= 0.6 is 0 Å². The first-order valence-electron chi connectivity index (χ1n) is 6.97. The minimum Gasteiger partial charge on any atom is -0.378 e. The molecule has 0 aromatic carbocycles. The zero-order valence-electron chi connectivity index (χ0n) is 10.8. The number of hydrogen-bond acceptors (Lipinski definition) is 4. The summed E-state index contributed by atoms with van der Waals surface area (Å²) in [6, 6.07) is 1.36. The van der Waals surface area contributed by atoms with Crippen molar-refractivity contribution in [3.8, 4) is 0 Å². The number of nitrogens with zero attached hydrogens (tertiary/aromatic N) is 1. The topological polar surface area (TPSA) is 33.7 Å². The highest BCUT2D eigenvalue weighted by atomic mass is 16.6. The van der Waals surface area contributed by atoms with Crippen LogP contribution in [0.15, 0.2) is 0 Å². The summed E-state index contributed by atoms with van der Waals surface area (Å²) in [5.74, 6) is 0. The third-order valence-corrected chi connectivity index (χ3v) is 4.56. The molecule has 1 spiro atoms. The Morgan fingerprint density at radius 1 is 1.35 bits per heavy atom. The van der Waals surface area contributed by atoms with Gasteiger partial charge in [0.2, 0.25) is 0 Å². The van der Waals surface area contributed by atoms with E-state index in [0.717, 1.165) is 45.8 Å². The van der Waals surface area contributed by atoms with E-state index in [2.05, 4.69) is 17.1 Å². The Labute approximate surface area is 104 Å². The van der Waals surface area contributed by atoms with Gasteiger partial charge in [0, 0.05) is 51.4 Å². The molecule has 0 aromatic heterocycles. The van der Waals surface area contributed by atoms with Crippen molar-refractivity contribution in [1.29, 1.82) is 0 Å². The predicted molar refractivity (Wildman–Crippen MR) is 66.2 cm³/mol. The number of rotatable bonds is 1. The number of nitrogens with one attached hydrogen (secondary N) is 1. The van der Waals surface area contributed by atoms with E-state index in [1.54, 1.807) is 0 Å². The van der Waals surface area contributed by atoms with Gasteiger partial charge in [-0.15, -0.1) is 0 Å². The van der Waals surface area contributed by atoms with Crippen molar-refractivity contribution in [1.82, 2.24) is 10.2 Å². The number of piperazine rings is 1. The van der Waals surface area contributed by atoms with Crippen LogP contribution in [0.25, 0.3) is 0 Å². The smallest absolute Gasteiger partial charge is 0.0951 e. The Balaban J connectivity index is 1.66. The van der Waals surface area contributed by atoms with E-state index in [9.17, 15) is 0 Å². The molecule has 3 atom stereocenters. The minimum atomic E-state index is 0.0491. The van der Waals surface area contributed by atoms with Crippen molar-refractivity contribution in [3.63, 3.8) is 0 Å². The Morgan fingerprint density at radius 3 is 3.06 bits per heavy atom. The Hall–Kier alpha value is -0.160. The average Bonchev–Trinajstić information content (AvgIpc) is 2.78. The second-order valence-electron chi connectivity index (χ2n) is 5.77. The van der Waals surface area contributed by atoms with Crippen molar-refractivity contribution in [2.75, 3.05) is 39.5 Å². The summed E-state index contributed by atoms with van der Waals surface area (Å²) >= 11 is 0. The molecule has 0 saturated carbocycles. The van der Waals surface area contributed by atoms with Crippen LogP contribution in [0, 0.1) is 0 Å². The molecule has 0 amide bonds. The molecule has 1 N–H and O–H groups in total. The zero-order chi connectivity index (χ0) is 11.7. The van der Waals surface area contributed by atoms with Crippen molar-refractivity contribution in [2.45, 2.75) is 43.9 Å². The normalized spacial score (nSPS) is 44.3. The Morgan fingerprint density at radius 2 is 2.29 bits per heavy atom. The molecule has 3 fully saturated rings. The highest BCUT2D eigenvalue weighted by Gasteiger charge is 2.43. The van der Waals surface area contributed by atoms with Crippen LogP contribution < -0.4 is 5.32 Å². The van der Waals surface area contributed by atoms with Crippen molar-refractivity contribution < 1.29 is 9.47 Å². The van der Waals surface area contributed by atoms with Crippen LogP contribution in [0.5, 0.6) is 0 Å². The van der Waals surface area contributed by atoms with E-state index in [0.29, 0.717) is 12.1 Å². The van der Waals surface area contributed by atoms with Crippen LogP contribution in [0.1, 0.15) is 26.2 Å². The van der Waals surface area contributed by atoms with Crippen LogP contribution in [-0.2, 0) is 9.47 Å². The Bertz CT molecular complexity index is 266. The van der Waals surface area contributed by atoms with Crippen molar-refractivity contribution >= 4 is 0 Å². The largest absolute Gasteiger partial charge is 0.378 e. The summed E-state index contributed by atoms with van der Waals surface area (Å²) in [6.07, 6.45) is 3.44. The van der Waals surface area contributed by atoms with Gasteiger partial charge in [-0.2, -0.15) is 0 Å². The maximum absolute atomic E-state index is 6.02. The summed E-state index contributed by atoms with van der Waals surface area (Å²) in [6.45, 7) is 8.37. The molecular formula is C13H24N2O2. The number of ether oxygens (including phenoxy) is 2. The second kappa shape index (κ2) is 4.84. The predicted octanol–water partition coefficient (Wildman–Crippen LogP) is 0.618. The fourth-order valence-electron chi connectivity index (χ4n) is 3.55. The molecule has 0 aliphatic carbocycles. The van der Waals surface area contributed by atoms with Crippen LogP contribution in [0.4, 0.5) is 0 Å². The highest BCUT2D eigenvalue weighted by Crippen LogP contribution is 2.35. The maximum Gasteiger partial charge on any atom is 0.0951 e. The van der Waals surface area contributed by atoms with Gasteiger partial charge in [-0.05, 0) is 19.8 Å². The minimum absolute atomic E-state index is 0.0491. The zero-order valence-corrected chi connectivity index (χ0v) is 10.8. The molecule has 3 saturated heterocycles. The van der Waals surface area contributed by atoms with Gasteiger partial charge < -0.3 is 14.8 Å². The van der Waals surface area contributed by atoms with E-state index < -0.39 is 0 Å². The van der Waals surface area contributed by atoms with Crippen molar-refractivity contribution in [3.05, 3.63) is 0 Å². The van der Waals surface area contributed by atoms with E-state index in [1.165, 1.54) is 13.0 Å². The quantitative estimate of drug-likeness (QED) is 0.728. The molecule has 4 nitrogen and oxygen atoms in total. The standard InChI is InChI=1S/C13H24N2O2/c1-11-9-14-4-5-15(11)12-2-6-17-13(8-12)3-7-16-10-13/h11-12,14H,2-10H2,1H3/t11-,12?,13?/m0/s1. The third-order valence-electron chi connectivity index (χ3n) is 4.56. The molecular weight excluding hydrogens is 216 g/mol. The summed E-state index contributed by atoms with van der Waals surface area (Å²) in [5.41, 5.74) is 0.0491. The molecule has 3 aliphatic rings. The van der Waals surface area contributed by atoms with Gasteiger partial charge in [0.15, 0.2) is 0 Å². The molecule has 3 heterocycles. The monoisotopic (exact) mass is 240 g/mol. The van der Waals surface area contributed by atoms with Gasteiger partial charge in [-0.1, -0.05) is 0 Å². The van der Waals surface area contributed by atoms with Crippen molar-refractivity contribution in [2.24, 2.45) is 0 Å². The first-order chi connectivity index (χ1) is 8.29. The van der Waals surface area contributed by atoms with Gasteiger partial charge in [0.1, 0.15) is 0 Å². The van der Waals surface area contributed by atoms with Crippen LogP contribution in [-0.4, -0.2) is 62.0 Å². The SMILES string of the molecule is C[C@H]1CNCCN1C1CCOC2(CCOC2)C1. The van der Waals surface area contributed by atoms with Gasteiger partial charge >= 0.3 is 0 Å². The van der Waals surface area contributed by atoms with E-state index in [4.69, 9.17) is 9.47 Å². The molecule has 17 heavy (non-hydrogen) atoms. The molecule has 2 unspecified atom stereocenters. The van der Waals surface area contributed by atoms with E-state index in [1.807, 2.05) is 0 Å². The van der Waals surface area contributed by atoms with Crippen LogP contribution in [0.2, 0.25) is 0 Å². The Kier molecular flexibility index (Phi) is 3.39. The lowest BCUT2D eigenvalue weighted by molar-refractivity contribution is -0.112. The second-order valence-corrected chi connectivity index (χ2v) is 5.77. The molecule has 4 heteroatoms. The third kappa shape index (κ3) is 2.36. The lowest BCUT2D eigenvalue weighted by Gasteiger charge is -2.46. The van der Waals surface area contributed by atoms with E-state index >= 15 is 0 Å². The molecule has 0 radical (unpaired) electrons. The summed E-state index contributed by atoms with van der Waals surface area (Å²) in [7, 11) is 0. The summed E-state index contributed by atoms with van der Waals surface area (Å²) < 4.78 is 11.6. The molecule has 3 aliphatic heterocycles. The fourth-order valence-corrected chi connectivity index (χ4v) is 3.55. The molecule has 0 bridgehead atoms.